The zero-order valence-corrected chi connectivity index (χ0v) is 17.0. The van der Waals surface area contributed by atoms with Crippen molar-refractivity contribution in [3.05, 3.63) is 87.5 Å². The minimum atomic E-state index is 0.0514. The SMILES string of the molecule is Cc1ccc2nc(COc3cccc(C(=O)N4CCc5sccc5C4)c3)cn2c1. The number of aryl methyl sites for hydroxylation is 1. The van der Waals surface area contributed by atoms with E-state index >= 15 is 0 Å². The van der Waals surface area contributed by atoms with Gasteiger partial charge in [0, 0.05) is 35.9 Å². The number of carbonyl (C=O) groups is 1. The first-order valence-electron chi connectivity index (χ1n) is 9.67. The van der Waals surface area contributed by atoms with Gasteiger partial charge in [0.15, 0.2) is 0 Å². The fourth-order valence-electron chi connectivity index (χ4n) is 3.71. The molecule has 146 valence electrons. The van der Waals surface area contributed by atoms with Crippen LogP contribution < -0.4 is 4.74 Å². The first kappa shape index (κ1) is 17.9. The summed E-state index contributed by atoms with van der Waals surface area (Å²) in [5, 5.41) is 2.10. The Bertz CT molecular complexity index is 1190. The second kappa shape index (κ2) is 7.37. The average molecular weight is 404 g/mol. The van der Waals surface area contributed by atoms with Crippen molar-refractivity contribution < 1.29 is 9.53 Å². The number of amides is 1. The van der Waals surface area contributed by atoms with E-state index in [0.29, 0.717) is 24.5 Å². The summed E-state index contributed by atoms with van der Waals surface area (Å²) in [5.41, 5.74) is 4.86. The third-order valence-corrected chi connectivity index (χ3v) is 6.23. The van der Waals surface area contributed by atoms with Gasteiger partial charge in [0.1, 0.15) is 18.0 Å². The molecule has 0 aliphatic carbocycles. The fourth-order valence-corrected chi connectivity index (χ4v) is 4.60. The maximum Gasteiger partial charge on any atom is 0.254 e. The lowest BCUT2D eigenvalue weighted by atomic mass is 10.1. The van der Waals surface area contributed by atoms with Crippen LogP contribution in [0.1, 0.15) is 32.1 Å². The standard InChI is InChI=1S/C23H21N3O2S/c1-16-5-6-22-24-19(14-26(22)12-16)15-28-20-4-2-3-17(11-20)23(27)25-9-7-21-18(13-25)8-10-29-21/h2-6,8,10-12,14H,7,9,13,15H2,1H3. The fraction of sp³-hybridized carbons (Fsp3) is 0.217. The van der Waals surface area contributed by atoms with E-state index in [0.717, 1.165) is 24.3 Å². The summed E-state index contributed by atoms with van der Waals surface area (Å²) in [6.07, 6.45) is 4.95. The van der Waals surface area contributed by atoms with Gasteiger partial charge in [-0.05, 0) is 60.2 Å². The maximum atomic E-state index is 13.0. The second-order valence-corrected chi connectivity index (χ2v) is 8.37. The molecule has 0 fully saturated rings. The van der Waals surface area contributed by atoms with Crippen LogP contribution in [0.15, 0.2) is 60.2 Å². The topological polar surface area (TPSA) is 46.8 Å². The van der Waals surface area contributed by atoms with Crippen molar-refractivity contribution >= 4 is 22.9 Å². The summed E-state index contributed by atoms with van der Waals surface area (Å²) in [6, 6.07) is 13.6. The van der Waals surface area contributed by atoms with E-state index in [1.165, 1.54) is 16.0 Å². The quantitative estimate of drug-likeness (QED) is 0.505. The molecule has 4 heterocycles. The molecular formula is C23H21N3O2S. The molecule has 1 aliphatic heterocycles. The Morgan fingerprint density at radius 1 is 1.21 bits per heavy atom. The van der Waals surface area contributed by atoms with Gasteiger partial charge in [0.25, 0.3) is 5.91 Å². The third kappa shape index (κ3) is 3.63. The molecule has 5 rings (SSSR count). The van der Waals surface area contributed by atoms with Crippen LogP contribution in [0.2, 0.25) is 0 Å². The first-order chi connectivity index (χ1) is 14.2. The van der Waals surface area contributed by atoms with Gasteiger partial charge in [-0.25, -0.2) is 4.98 Å². The van der Waals surface area contributed by atoms with E-state index in [4.69, 9.17) is 4.74 Å². The smallest absolute Gasteiger partial charge is 0.254 e. The number of nitrogens with zero attached hydrogens (tertiary/aromatic N) is 3. The summed E-state index contributed by atoms with van der Waals surface area (Å²) in [5.74, 6) is 0.729. The predicted octanol–water partition coefficient (Wildman–Crippen LogP) is 4.48. The van der Waals surface area contributed by atoms with E-state index in [2.05, 4.69) is 23.4 Å². The van der Waals surface area contributed by atoms with Crippen LogP contribution in [0, 0.1) is 6.92 Å². The minimum absolute atomic E-state index is 0.0514. The van der Waals surface area contributed by atoms with Crippen molar-refractivity contribution in [1.82, 2.24) is 14.3 Å². The molecule has 0 N–H and O–H groups in total. The summed E-state index contributed by atoms with van der Waals surface area (Å²) >= 11 is 1.78. The Kier molecular flexibility index (Phi) is 4.56. The van der Waals surface area contributed by atoms with E-state index in [1.54, 1.807) is 11.3 Å². The Balaban J connectivity index is 1.28. The molecule has 0 atom stereocenters. The number of thiophene rings is 1. The number of ether oxygens (including phenoxy) is 1. The van der Waals surface area contributed by atoms with Crippen molar-refractivity contribution in [3.8, 4) is 5.75 Å². The molecule has 0 spiro atoms. The minimum Gasteiger partial charge on any atom is -0.487 e. The number of imidazole rings is 1. The third-order valence-electron chi connectivity index (χ3n) is 5.21. The van der Waals surface area contributed by atoms with E-state index < -0.39 is 0 Å². The van der Waals surface area contributed by atoms with Crippen molar-refractivity contribution in [2.45, 2.75) is 26.5 Å². The molecule has 0 bridgehead atoms. The summed E-state index contributed by atoms with van der Waals surface area (Å²) < 4.78 is 7.93. The van der Waals surface area contributed by atoms with Crippen LogP contribution in [0.5, 0.6) is 5.75 Å². The number of benzene rings is 1. The monoisotopic (exact) mass is 403 g/mol. The van der Waals surface area contributed by atoms with Crippen LogP contribution in [-0.2, 0) is 19.6 Å². The molecule has 0 saturated carbocycles. The molecular weight excluding hydrogens is 382 g/mol. The van der Waals surface area contributed by atoms with Crippen LogP contribution in [0.4, 0.5) is 0 Å². The highest BCUT2D eigenvalue weighted by Crippen LogP contribution is 2.26. The molecule has 1 aliphatic rings. The number of rotatable bonds is 4. The lowest BCUT2D eigenvalue weighted by molar-refractivity contribution is 0.0735. The van der Waals surface area contributed by atoms with Gasteiger partial charge < -0.3 is 14.0 Å². The lowest BCUT2D eigenvalue weighted by Gasteiger charge is -2.27. The Labute approximate surface area is 173 Å². The van der Waals surface area contributed by atoms with Gasteiger partial charge in [-0.15, -0.1) is 11.3 Å². The maximum absolute atomic E-state index is 13.0. The summed E-state index contributed by atoms with van der Waals surface area (Å²) in [7, 11) is 0. The molecule has 3 aromatic heterocycles. The summed E-state index contributed by atoms with van der Waals surface area (Å²) in [4.78, 5) is 20.9. The predicted molar refractivity (Wildman–Crippen MR) is 113 cm³/mol. The normalized spacial score (nSPS) is 13.5. The number of carbonyl (C=O) groups excluding carboxylic acids is 1. The van der Waals surface area contributed by atoms with Gasteiger partial charge in [-0.1, -0.05) is 12.1 Å². The average Bonchev–Trinajstić information content (AvgIpc) is 3.37. The molecule has 1 aromatic carbocycles. The Hall–Kier alpha value is -3.12. The largest absolute Gasteiger partial charge is 0.487 e. The lowest BCUT2D eigenvalue weighted by Crippen LogP contribution is -2.35. The molecule has 29 heavy (non-hydrogen) atoms. The first-order valence-corrected chi connectivity index (χ1v) is 10.6. The van der Waals surface area contributed by atoms with E-state index in [9.17, 15) is 4.79 Å². The molecule has 0 radical (unpaired) electrons. The van der Waals surface area contributed by atoms with Gasteiger partial charge in [0.05, 0.1) is 5.69 Å². The van der Waals surface area contributed by atoms with Crippen molar-refractivity contribution in [2.75, 3.05) is 6.54 Å². The summed E-state index contributed by atoms with van der Waals surface area (Å²) in [6.45, 7) is 3.86. The molecule has 0 unspecified atom stereocenters. The van der Waals surface area contributed by atoms with Crippen LogP contribution in [0.3, 0.4) is 0 Å². The highest BCUT2D eigenvalue weighted by atomic mass is 32.1. The van der Waals surface area contributed by atoms with E-state index in [-0.39, 0.29) is 5.91 Å². The van der Waals surface area contributed by atoms with Gasteiger partial charge in [-0.2, -0.15) is 0 Å². The van der Waals surface area contributed by atoms with Crippen LogP contribution in [0.25, 0.3) is 5.65 Å². The zero-order chi connectivity index (χ0) is 19.8. The Morgan fingerprint density at radius 3 is 3.07 bits per heavy atom. The molecule has 0 saturated heterocycles. The molecule has 4 aromatic rings. The number of pyridine rings is 1. The Morgan fingerprint density at radius 2 is 2.14 bits per heavy atom. The van der Waals surface area contributed by atoms with Crippen molar-refractivity contribution in [3.63, 3.8) is 0 Å². The number of hydrogen-bond acceptors (Lipinski definition) is 4. The van der Waals surface area contributed by atoms with Gasteiger partial charge in [0.2, 0.25) is 0 Å². The highest BCUT2D eigenvalue weighted by molar-refractivity contribution is 7.10. The molecule has 1 amide bonds. The van der Waals surface area contributed by atoms with E-state index in [1.807, 2.05) is 58.1 Å². The number of aromatic nitrogens is 2. The van der Waals surface area contributed by atoms with Gasteiger partial charge in [-0.3, -0.25) is 4.79 Å². The number of fused-ring (bicyclic) bond motifs is 2. The van der Waals surface area contributed by atoms with Gasteiger partial charge >= 0.3 is 0 Å². The highest BCUT2D eigenvalue weighted by Gasteiger charge is 2.22. The van der Waals surface area contributed by atoms with Crippen molar-refractivity contribution in [1.29, 1.82) is 0 Å². The molecule has 5 nitrogen and oxygen atoms in total. The van der Waals surface area contributed by atoms with Crippen molar-refractivity contribution in [2.24, 2.45) is 0 Å². The number of hydrogen-bond donors (Lipinski definition) is 0. The molecule has 6 heteroatoms. The van der Waals surface area contributed by atoms with Crippen LogP contribution in [-0.4, -0.2) is 26.7 Å². The zero-order valence-electron chi connectivity index (χ0n) is 16.2. The van der Waals surface area contributed by atoms with Crippen LogP contribution >= 0.6 is 11.3 Å². The second-order valence-electron chi connectivity index (χ2n) is 7.37.